The number of nitrogens with one attached hydrogen (secondary N) is 2. The maximum Gasteiger partial charge on any atom is 0.251 e. The van der Waals surface area contributed by atoms with Crippen LogP contribution in [-0.2, 0) is 6.54 Å². The van der Waals surface area contributed by atoms with Crippen LogP contribution in [0.3, 0.4) is 0 Å². The van der Waals surface area contributed by atoms with Gasteiger partial charge in [0.1, 0.15) is 0 Å². The van der Waals surface area contributed by atoms with Gasteiger partial charge in [-0.1, -0.05) is 6.07 Å². The summed E-state index contributed by atoms with van der Waals surface area (Å²) < 4.78 is 0. The molecule has 0 fully saturated rings. The number of hydrogen-bond donors (Lipinski definition) is 2. The summed E-state index contributed by atoms with van der Waals surface area (Å²) in [5.74, 6) is -0.336. The van der Waals surface area contributed by atoms with Crippen LogP contribution in [0, 0.1) is 0 Å². The molecule has 2 aromatic rings. The Bertz CT molecular complexity index is 637. The van der Waals surface area contributed by atoms with Gasteiger partial charge < -0.3 is 10.6 Å². The highest BCUT2D eigenvalue weighted by molar-refractivity contribution is 5.97. The van der Waals surface area contributed by atoms with Gasteiger partial charge in [0.05, 0.1) is 12.2 Å². The molecule has 0 unspecified atom stereocenters. The number of amides is 2. The van der Waals surface area contributed by atoms with Crippen molar-refractivity contribution in [3.05, 3.63) is 65.5 Å². The molecule has 0 saturated carbocycles. The van der Waals surface area contributed by atoms with Crippen LogP contribution in [0.15, 0.2) is 48.7 Å². The van der Waals surface area contributed by atoms with Crippen molar-refractivity contribution in [1.82, 2.24) is 15.6 Å². The SMILES string of the molecule is CC(C)NC(=O)c1ccc(C(=O)NCc2ccccn2)cc1. The number of carbonyl (C=O) groups is 2. The second-order valence-corrected chi connectivity index (χ2v) is 5.21. The molecule has 2 rings (SSSR count). The Hall–Kier alpha value is -2.69. The molecule has 114 valence electrons. The van der Waals surface area contributed by atoms with Gasteiger partial charge in [-0.3, -0.25) is 14.6 Å². The Balaban J connectivity index is 1.95. The summed E-state index contributed by atoms with van der Waals surface area (Å²) in [4.78, 5) is 28.0. The Labute approximate surface area is 129 Å². The summed E-state index contributed by atoms with van der Waals surface area (Å²) >= 11 is 0. The molecule has 0 spiro atoms. The van der Waals surface area contributed by atoms with Gasteiger partial charge in [-0.05, 0) is 50.2 Å². The minimum Gasteiger partial charge on any atom is -0.350 e. The molecule has 5 heteroatoms. The third-order valence-electron chi connectivity index (χ3n) is 2.99. The van der Waals surface area contributed by atoms with E-state index in [2.05, 4.69) is 15.6 Å². The van der Waals surface area contributed by atoms with E-state index in [1.165, 1.54) is 0 Å². The number of rotatable bonds is 5. The average molecular weight is 297 g/mol. The molecule has 2 N–H and O–H groups in total. The minimum atomic E-state index is -0.193. The molecule has 0 aliphatic heterocycles. The third kappa shape index (κ3) is 4.41. The van der Waals surface area contributed by atoms with Gasteiger partial charge in [0, 0.05) is 23.4 Å². The van der Waals surface area contributed by atoms with Crippen LogP contribution in [0.5, 0.6) is 0 Å². The van der Waals surface area contributed by atoms with E-state index in [0.717, 1.165) is 5.69 Å². The Morgan fingerprint density at radius 2 is 1.64 bits per heavy atom. The number of aromatic nitrogens is 1. The maximum absolute atomic E-state index is 12.0. The summed E-state index contributed by atoms with van der Waals surface area (Å²) in [6.07, 6.45) is 1.68. The predicted octanol–water partition coefficient (Wildman–Crippen LogP) is 2.15. The second kappa shape index (κ2) is 7.36. The normalized spacial score (nSPS) is 10.3. The van der Waals surface area contributed by atoms with E-state index in [4.69, 9.17) is 0 Å². The first-order chi connectivity index (χ1) is 10.6. The van der Waals surface area contributed by atoms with Crippen LogP contribution in [0.1, 0.15) is 40.3 Å². The smallest absolute Gasteiger partial charge is 0.251 e. The van der Waals surface area contributed by atoms with E-state index in [1.807, 2.05) is 32.0 Å². The van der Waals surface area contributed by atoms with Crippen molar-refractivity contribution in [3.8, 4) is 0 Å². The van der Waals surface area contributed by atoms with Crippen LogP contribution in [0.25, 0.3) is 0 Å². The lowest BCUT2D eigenvalue weighted by Gasteiger charge is -2.09. The third-order valence-corrected chi connectivity index (χ3v) is 2.99. The van der Waals surface area contributed by atoms with Crippen molar-refractivity contribution in [1.29, 1.82) is 0 Å². The molecule has 2 amide bonds. The van der Waals surface area contributed by atoms with E-state index in [-0.39, 0.29) is 17.9 Å². The highest BCUT2D eigenvalue weighted by atomic mass is 16.2. The standard InChI is InChI=1S/C17H19N3O2/c1-12(2)20-17(22)14-8-6-13(7-9-14)16(21)19-11-15-5-3-4-10-18-15/h3-10,12H,11H2,1-2H3,(H,19,21)(H,20,22). The fraction of sp³-hybridized carbons (Fsp3) is 0.235. The van der Waals surface area contributed by atoms with Gasteiger partial charge in [0.25, 0.3) is 11.8 Å². The van der Waals surface area contributed by atoms with Crippen LogP contribution in [0.2, 0.25) is 0 Å². The van der Waals surface area contributed by atoms with Crippen molar-refractivity contribution in [2.75, 3.05) is 0 Å². The molecule has 1 aromatic heterocycles. The number of pyridine rings is 1. The summed E-state index contributed by atoms with van der Waals surface area (Å²) in [5, 5.41) is 5.60. The Kier molecular flexibility index (Phi) is 5.25. The van der Waals surface area contributed by atoms with E-state index < -0.39 is 0 Å². The largest absolute Gasteiger partial charge is 0.350 e. The molecule has 1 aromatic carbocycles. The monoisotopic (exact) mass is 297 g/mol. The summed E-state index contributed by atoms with van der Waals surface area (Å²) in [7, 11) is 0. The van der Waals surface area contributed by atoms with Gasteiger partial charge in [0.2, 0.25) is 0 Å². The molecule has 0 saturated heterocycles. The molecule has 5 nitrogen and oxygen atoms in total. The van der Waals surface area contributed by atoms with Crippen molar-refractivity contribution in [2.45, 2.75) is 26.4 Å². The van der Waals surface area contributed by atoms with Gasteiger partial charge in [0.15, 0.2) is 0 Å². The number of nitrogens with zero attached hydrogens (tertiary/aromatic N) is 1. The highest BCUT2D eigenvalue weighted by Crippen LogP contribution is 2.05. The molecule has 0 aliphatic carbocycles. The first-order valence-electron chi connectivity index (χ1n) is 7.15. The van der Waals surface area contributed by atoms with Crippen LogP contribution in [0.4, 0.5) is 0 Å². The molecule has 0 bridgehead atoms. The first kappa shape index (κ1) is 15.7. The highest BCUT2D eigenvalue weighted by Gasteiger charge is 2.09. The van der Waals surface area contributed by atoms with Crippen LogP contribution < -0.4 is 10.6 Å². The number of hydrogen-bond acceptors (Lipinski definition) is 3. The van der Waals surface area contributed by atoms with E-state index >= 15 is 0 Å². The zero-order valence-electron chi connectivity index (χ0n) is 12.7. The van der Waals surface area contributed by atoms with Crippen LogP contribution >= 0.6 is 0 Å². The lowest BCUT2D eigenvalue weighted by molar-refractivity contribution is 0.0934. The van der Waals surface area contributed by atoms with Crippen molar-refractivity contribution < 1.29 is 9.59 Å². The molecule has 22 heavy (non-hydrogen) atoms. The zero-order valence-corrected chi connectivity index (χ0v) is 12.7. The van der Waals surface area contributed by atoms with Crippen molar-refractivity contribution in [3.63, 3.8) is 0 Å². The molecular weight excluding hydrogens is 278 g/mol. The molecule has 1 heterocycles. The van der Waals surface area contributed by atoms with Crippen molar-refractivity contribution in [2.24, 2.45) is 0 Å². The Morgan fingerprint density at radius 1 is 1.00 bits per heavy atom. The van der Waals surface area contributed by atoms with Gasteiger partial charge in [-0.25, -0.2) is 0 Å². The molecule has 0 atom stereocenters. The fourth-order valence-electron chi connectivity index (χ4n) is 1.89. The topological polar surface area (TPSA) is 71.1 Å². The average Bonchev–Trinajstić information content (AvgIpc) is 2.53. The molecule has 0 aliphatic rings. The predicted molar refractivity (Wildman–Crippen MR) is 84.5 cm³/mol. The maximum atomic E-state index is 12.0. The number of carbonyl (C=O) groups excluding carboxylic acids is 2. The fourth-order valence-corrected chi connectivity index (χ4v) is 1.89. The van der Waals surface area contributed by atoms with Gasteiger partial charge in [-0.2, -0.15) is 0 Å². The zero-order chi connectivity index (χ0) is 15.9. The van der Waals surface area contributed by atoms with Crippen molar-refractivity contribution >= 4 is 11.8 Å². The quantitative estimate of drug-likeness (QED) is 0.888. The summed E-state index contributed by atoms with van der Waals surface area (Å²) in [6, 6.07) is 12.2. The van der Waals surface area contributed by atoms with E-state index in [9.17, 15) is 9.59 Å². The van der Waals surface area contributed by atoms with Gasteiger partial charge in [-0.15, -0.1) is 0 Å². The van der Waals surface area contributed by atoms with Crippen LogP contribution in [-0.4, -0.2) is 22.8 Å². The molecular formula is C17H19N3O2. The summed E-state index contributed by atoms with van der Waals surface area (Å²) in [5.41, 5.74) is 1.84. The minimum absolute atomic E-state index is 0.0776. The second-order valence-electron chi connectivity index (χ2n) is 5.21. The number of benzene rings is 1. The molecule has 0 radical (unpaired) electrons. The first-order valence-corrected chi connectivity index (χ1v) is 7.15. The lowest BCUT2D eigenvalue weighted by Crippen LogP contribution is -2.30. The summed E-state index contributed by atoms with van der Waals surface area (Å²) in [6.45, 7) is 4.17. The van der Waals surface area contributed by atoms with Gasteiger partial charge >= 0.3 is 0 Å². The van der Waals surface area contributed by atoms with E-state index in [0.29, 0.717) is 17.7 Å². The van der Waals surface area contributed by atoms with E-state index in [1.54, 1.807) is 30.5 Å². The lowest BCUT2D eigenvalue weighted by atomic mass is 10.1. The Morgan fingerprint density at radius 3 is 2.18 bits per heavy atom.